The molecule has 0 bridgehead atoms. The minimum absolute atomic E-state index is 0.463. The van der Waals surface area contributed by atoms with Gasteiger partial charge in [-0.15, -0.1) is 0 Å². The third-order valence-corrected chi connectivity index (χ3v) is 1.43. The molecule has 0 aromatic rings. The number of carbonyl (C=O) groups is 1. The Bertz CT molecular complexity index is 125. The van der Waals surface area contributed by atoms with Crippen molar-refractivity contribution >= 4 is 6.29 Å². The molecule has 0 aromatic carbocycles. The maximum atomic E-state index is 10.1. The van der Waals surface area contributed by atoms with E-state index in [-0.39, 0.29) is 0 Å². The predicted octanol–water partition coefficient (Wildman–Crippen LogP) is 1.17. The molecule has 0 N–H and O–H groups in total. The fraction of sp³-hybridized carbons (Fsp3) is 0.571. The smallest absolute Gasteiger partial charge is 0.148 e. The van der Waals surface area contributed by atoms with E-state index in [0.717, 1.165) is 0 Å². The molecule has 0 saturated heterocycles. The molecule has 0 atom stereocenters. The number of ether oxygens (including phenoxy) is 1. The van der Waals surface area contributed by atoms with Crippen LogP contribution in [-0.2, 0) is 9.53 Å². The minimum Gasteiger partial charge on any atom is -0.374 e. The molecule has 0 aliphatic heterocycles. The predicted molar refractivity (Wildman–Crippen MR) is 36.3 cm³/mol. The molecule has 0 fully saturated rings. The average molecular weight is 128 g/mol. The molecule has 0 heterocycles. The molecule has 52 valence electrons. The molecule has 2 nitrogen and oxygen atoms in total. The molecular formula is C7H12O2. The topological polar surface area (TPSA) is 26.3 Å². The van der Waals surface area contributed by atoms with Crippen LogP contribution in [0.4, 0.5) is 0 Å². The first-order chi connectivity index (χ1) is 4.04. The maximum Gasteiger partial charge on any atom is 0.148 e. The van der Waals surface area contributed by atoms with Crippen molar-refractivity contribution in [2.75, 3.05) is 7.11 Å². The van der Waals surface area contributed by atoms with Crippen LogP contribution >= 0.6 is 0 Å². The van der Waals surface area contributed by atoms with E-state index in [1.165, 1.54) is 0 Å². The fourth-order valence-corrected chi connectivity index (χ4v) is 0.273. The van der Waals surface area contributed by atoms with Crippen LogP contribution in [-0.4, -0.2) is 19.0 Å². The van der Waals surface area contributed by atoms with Gasteiger partial charge in [-0.1, -0.05) is 6.58 Å². The molecule has 0 aliphatic carbocycles. The van der Waals surface area contributed by atoms with Crippen molar-refractivity contribution in [3.63, 3.8) is 0 Å². The van der Waals surface area contributed by atoms with Crippen molar-refractivity contribution in [1.29, 1.82) is 0 Å². The first-order valence-corrected chi connectivity index (χ1v) is 2.74. The molecule has 2 heteroatoms. The Balaban J connectivity index is 4.13. The third-order valence-electron chi connectivity index (χ3n) is 1.43. The lowest BCUT2D eigenvalue weighted by Gasteiger charge is -2.21. The fourth-order valence-electron chi connectivity index (χ4n) is 0.273. The van der Waals surface area contributed by atoms with Crippen LogP contribution in [0, 0.1) is 0 Å². The standard InChI is InChI=1S/C7H12O2/c1-6(5-8)7(2,3)9-4/h5H,1H2,2-4H3. The SMILES string of the molecule is C=C(C=O)C(C)(C)OC. The van der Waals surface area contributed by atoms with Gasteiger partial charge in [0.2, 0.25) is 0 Å². The zero-order valence-corrected chi connectivity index (χ0v) is 6.10. The molecular weight excluding hydrogens is 116 g/mol. The molecule has 0 spiro atoms. The summed E-state index contributed by atoms with van der Waals surface area (Å²) in [5, 5.41) is 0. The Kier molecular flexibility index (Phi) is 2.59. The van der Waals surface area contributed by atoms with E-state index in [1.54, 1.807) is 21.0 Å². The van der Waals surface area contributed by atoms with E-state index >= 15 is 0 Å². The first-order valence-electron chi connectivity index (χ1n) is 2.74. The summed E-state index contributed by atoms with van der Waals surface area (Å²) in [5.41, 5.74) is -0.0492. The van der Waals surface area contributed by atoms with Crippen molar-refractivity contribution in [3.05, 3.63) is 12.2 Å². The summed E-state index contributed by atoms with van der Waals surface area (Å²) in [7, 11) is 1.55. The van der Waals surface area contributed by atoms with E-state index in [1.807, 2.05) is 0 Å². The molecule has 0 unspecified atom stereocenters. The summed E-state index contributed by atoms with van der Waals surface area (Å²) in [4.78, 5) is 10.1. The molecule has 9 heavy (non-hydrogen) atoms. The van der Waals surface area contributed by atoms with Gasteiger partial charge in [-0.2, -0.15) is 0 Å². The van der Waals surface area contributed by atoms with Gasteiger partial charge in [-0.05, 0) is 13.8 Å². The monoisotopic (exact) mass is 128 g/mol. The van der Waals surface area contributed by atoms with Gasteiger partial charge in [-0.3, -0.25) is 4.79 Å². The quantitative estimate of drug-likeness (QED) is 0.421. The van der Waals surface area contributed by atoms with Crippen molar-refractivity contribution in [3.8, 4) is 0 Å². The maximum absolute atomic E-state index is 10.1. The molecule has 0 aromatic heterocycles. The van der Waals surface area contributed by atoms with Gasteiger partial charge in [0.15, 0.2) is 0 Å². The number of hydrogen-bond donors (Lipinski definition) is 0. The largest absolute Gasteiger partial charge is 0.374 e. The Morgan fingerprint density at radius 1 is 1.67 bits per heavy atom. The zero-order chi connectivity index (χ0) is 7.49. The number of methoxy groups -OCH3 is 1. The lowest BCUT2D eigenvalue weighted by Crippen LogP contribution is -2.25. The summed E-state index contributed by atoms with van der Waals surface area (Å²) < 4.78 is 4.96. The van der Waals surface area contributed by atoms with Crippen LogP contribution < -0.4 is 0 Å². The van der Waals surface area contributed by atoms with Gasteiger partial charge in [-0.25, -0.2) is 0 Å². The van der Waals surface area contributed by atoms with Gasteiger partial charge in [0, 0.05) is 12.7 Å². The van der Waals surface area contributed by atoms with Crippen LogP contribution in [0.15, 0.2) is 12.2 Å². The van der Waals surface area contributed by atoms with Crippen LogP contribution in [0.2, 0.25) is 0 Å². The lowest BCUT2D eigenvalue weighted by atomic mass is 10.0. The van der Waals surface area contributed by atoms with Gasteiger partial charge in [0.25, 0.3) is 0 Å². The third kappa shape index (κ3) is 1.98. The van der Waals surface area contributed by atoms with Crippen molar-refractivity contribution < 1.29 is 9.53 Å². The number of rotatable bonds is 3. The summed E-state index contributed by atoms with van der Waals surface area (Å²) in [5.74, 6) is 0. The number of hydrogen-bond acceptors (Lipinski definition) is 2. The molecule has 0 aliphatic rings. The highest BCUT2D eigenvalue weighted by atomic mass is 16.5. The Labute approximate surface area is 55.5 Å². The summed E-state index contributed by atoms with van der Waals surface area (Å²) in [6, 6.07) is 0. The molecule has 0 radical (unpaired) electrons. The van der Waals surface area contributed by atoms with Crippen molar-refractivity contribution in [2.45, 2.75) is 19.4 Å². The van der Waals surface area contributed by atoms with Crippen LogP contribution in [0.3, 0.4) is 0 Å². The minimum atomic E-state index is -0.512. The van der Waals surface area contributed by atoms with E-state index in [4.69, 9.17) is 4.74 Å². The van der Waals surface area contributed by atoms with Crippen molar-refractivity contribution in [2.24, 2.45) is 0 Å². The highest BCUT2D eigenvalue weighted by Crippen LogP contribution is 2.14. The highest BCUT2D eigenvalue weighted by molar-refractivity contribution is 5.74. The van der Waals surface area contributed by atoms with Gasteiger partial charge in [0.1, 0.15) is 6.29 Å². The van der Waals surface area contributed by atoms with E-state index in [9.17, 15) is 4.79 Å². The van der Waals surface area contributed by atoms with E-state index in [2.05, 4.69) is 6.58 Å². The van der Waals surface area contributed by atoms with Crippen LogP contribution in [0.25, 0.3) is 0 Å². The van der Waals surface area contributed by atoms with Crippen molar-refractivity contribution in [1.82, 2.24) is 0 Å². The van der Waals surface area contributed by atoms with Gasteiger partial charge >= 0.3 is 0 Å². The Morgan fingerprint density at radius 2 is 2.11 bits per heavy atom. The average Bonchev–Trinajstić information content (AvgIpc) is 1.86. The summed E-state index contributed by atoms with van der Waals surface area (Å²) in [6.07, 6.45) is 0.712. The van der Waals surface area contributed by atoms with Gasteiger partial charge in [0.05, 0.1) is 5.60 Å². The Hall–Kier alpha value is -0.630. The Morgan fingerprint density at radius 3 is 2.22 bits per heavy atom. The van der Waals surface area contributed by atoms with E-state index < -0.39 is 5.60 Å². The molecule has 0 amide bonds. The lowest BCUT2D eigenvalue weighted by molar-refractivity contribution is -0.106. The van der Waals surface area contributed by atoms with Crippen LogP contribution in [0.5, 0.6) is 0 Å². The first kappa shape index (κ1) is 8.37. The normalized spacial score (nSPS) is 11.0. The molecule has 0 rings (SSSR count). The van der Waals surface area contributed by atoms with E-state index in [0.29, 0.717) is 11.9 Å². The second-order valence-electron chi connectivity index (χ2n) is 2.36. The summed E-state index contributed by atoms with van der Waals surface area (Å²) in [6.45, 7) is 7.11. The molecule has 0 saturated carbocycles. The second kappa shape index (κ2) is 2.78. The van der Waals surface area contributed by atoms with Gasteiger partial charge < -0.3 is 4.74 Å². The number of aldehydes is 1. The van der Waals surface area contributed by atoms with Crippen LogP contribution in [0.1, 0.15) is 13.8 Å². The summed E-state index contributed by atoms with van der Waals surface area (Å²) >= 11 is 0. The zero-order valence-electron chi connectivity index (χ0n) is 6.10. The highest BCUT2D eigenvalue weighted by Gasteiger charge is 2.19. The number of carbonyl (C=O) groups excluding carboxylic acids is 1. The second-order valence-corrected chi connectivity index (χ2v) is 2.36.